The molecule has 4 saturated carbocycles. The third-order valence-corrected chi connectivity index (χ3v) is 5.00. The van der Waals surface area contributed by atoms with Gasteiger partial charge in [0.2, 0.25) is 0 Å². The fourth-order valence-corrected chi connectivity index (χ4v) is 4.91. The Morgan fingerprint density at radius 1 is 1.24 bits per heavy atom. The molecule has 5 heteroatoms. The normalized spacial score (nSPS) is 48.6. The number of hydrogen-bond acceptors (Lipinski definition) is 3. The zero-order chi connectivity index (χ0) is 11.6. The van der Waals surface area contributed by atoms with Gasteiger partial charge in [-0.2, -0.15) is 0 Å². The third kappa shape index (κ3) is 1.86. The van der Waals surface area contributed by atoms with Crippen molar-refractivity contribution in [1.82, 2.24) is 0 Å². The van der Waals surface area contributed by atoms with Crippen molar-refractivity contribution >= 4 is 18.4 Å². The molecule has 0 amide bonds. The van der Waals surface area contributed by atoms with Crippen LogP contribution in [-0.2, 0) is 4.79 Å². The van der Waals surface area contributed by atoms with Gasteiger partial charge in [0.1, 0.15) is 6.04 Å². The number of halogens is 1. The van der Waals surface area contributed by atoms with E-state index in [9.17, 15) is 9.90 Å². The molecule has 4 aliphatic carbocycles. The Morgan fingerprint density at radius 2 is 1.76 bits per heavy atom. The molecule has 2 unspecified atom stereocenters. The standard InChI is InChI=1S/C12H19NO3.ClH/c13-9(10(14)15)11-2-7-1-8(3-11)5-12(16,4-7)6-11;/h7-9,16H,1-6,13H2,(H,14,15);1H/t7?,8?,9-,11?,12?;/m1./s1. The molecule has 0 heterocycles. The van der Waals surface area contributed by atoms with Gasteiger partial charge in [-0.3, -0.25) is 4.79 Å². The smallest absolute Gasteiger partial charge is 0.321 e. The van der Waals surface area contributed by atoms with Crippen molar-refractivity contribution in [1.29, 1.82) is 0 Å². The van der Waals surface area contributed by atoms with Gasteiger partial charge in [-0.1, -0.05) is 0 Å². The van der Waals surface area contributed by atoms with E-state index in [0.29, 0.717) is 18.3 Å². The molecule has 0 aliphatic heterocycles. The molecule has 17 heavy (non-hydrogen) atoms. The van der Waals surface area contributed by atoms with Crippen LogP contribution in [0.5, 0.6) is 0 Å². The van der Waals surface area contributed by atoms with Crippen LogP contribution in [0.25, 0.3) is 0 Å². The molecule has 4 rings (SSSR count). The van der Waals surface area contributed by atoms with Crippen molar-refractivity contribution in [3.63, 3.8) is 0 Å². The van der Waals surface area contributed by atoms with Crippen LogP contribution in [-0.4, -0.2) is 27.8 Å². The molecule has 4 nitrogen and oxygen atoms in total. The molecule has 0 spiro atoms. The maximum absolute atomic E-state index is 11.1. The summed E-state index contributed by atoms with van der Waals surface area (Å²) >= 11 is 0. The lowest BCUT2D eigenvalue weighted by Crippen LogP contribution is -2.62. The first-order valence-corrected chi connectivity index (χ1v) is 6.13. The molecule has 98 valence electrons. The Kier molecular flexibility index (Phi) is 2.96. The molecule has 4 fully saturated rings. The lowest BCUT2D eigenvalue weighted by atomic mass is 9.46. The first-order valence-electron chi connectivity index (χ1n) is 6.13. The molecule has 3 atom stereocenters. The molecule has 4 bridgehead atoms. The van der Waals surface area contributed by atoms with Gasteiger partial charge < -0.3 is 15.9 Å². The molecule has 0 aromatic heterocycles. The minimum atomic E-state index is -0.912. The Bertz CT molecular complexity index is 333. The second-order valence-electron chi connectivity index (χ2n) is 6.36. The lowest BCUT2D eigenvalue weighted by Gasteiger charge is -2.61. The van der Waals surface area contributed by atoms with Crippen molar-refractivity contribution in [3.05, 3.63) is 0 Å². The van der Waals surface area contributed by atoms with E-state index in [1.807, 2.05) is 0 Å². The van der Waals surface area contributed by atoms with Gasteiger partial charge in [0.15, 0.2) is 0 Å². The number of aliphatic hydroxyl groups is 1. The van der Waals surface area contributed by atoms with Gasteiger partial charge in [0, 0.05) is 0 Å². The Hall–Kier alpha value is -0.320. The van der Waals surface area contributed by atoms with Gasteiger partial charge in [0.25, 0.3) is 0 Å². The zero-order valence-corrected chi connectivity index (χ0v) is 10.6. The predicted molar refractivity (Wildman–Crippen MR) is 64.9 cm³/mol. The average molecular weight is 262 g/mol. The molecule has 0 radical (unpaired) electrons. The quantitative estimate of drug-likeness (QED) is 0.696. The fourth-order valence-electron chi connectivity index (χ4n) is 4.91. The second kappa shape index (κ2) is 3.84. The predicted octanol–water partition coefficient (Wildman–Crippen LogP) is 1.15. The second-order valence-corrected chi connectivity index (χ2v) is 6.36. The number of hydrogen-bond donors (Lipinski definition) is 3. The highest BCUT2D eigenvalue weighted by molar-refractivity contribution is 5.85. The number of rotatable bonds is 2. The summed E-state index contributed by atoms with van der Waals surface area (Å²) in [5, 5.41) is 19.6. The van der Waals surface area contributed by atoms with Crippen LogP contribution in [0.15, 0.2) is 0 Å². The minimum absolute atomic E-state index is 0. The third-order valence-electron chi connectivity index (χ3n) is 5.00. The van der Waals surface area contributed by atoms with Crippen molar-refractivity contribution in [3.8, 4) is 0 Å². The lowest BCUT2D eigenvalue weighted by molar-refractivity contribution is -0.179. The van der Waals surface area contributed by atoms with Crippen LogP contribution in [0.3, 0.4) is 0 Å². The highest BCUT2D eigenvalue weighted by Gasteiger charge is 2.60. The SMILES string of the molecule is Cl.N[C@H](C(=O)O)C12CC3CC(CC(O)(C3)C1)C2. The van der Waals surface area contributed by atoms with Crippen molar-refractivity contribution in [2.75, 3.05) is 0 Å². The number of carboxylic acid groups (broad SMARTS) is 1. The number of nitrogens with two attached hydrogens (primary N) is 1. The van der Waals surface area contributed by atoms with E-state index in [4.69, 9.17) is 10.8 Å². The monoisotopic (exact) mass is 261 g/mol. The summed E-state index contributed by atoms with van der Waals surface area (Å²) in [6.07, 6.45) is 5.28. The van der Waals surface area contributed by atoms with Crippen LogP contribution >= 0.6 is 12.4 Å². The highest BCUT2D eigenvalue weighted by Crippen LogP contribution is 2.62. The summed E-state index contributed by atoms with van der Waals surface area (Å²) in [7, 11) is 0. The van der Waals surface area contributed by atoms with E-state index in [1.165, 1.54) is 0 Å². The van der Waals surface area contributed by atoms with E-state index < -0.39 is 17.6 Å². The topological polar surface area (TPSA) is 83.6 Å². The summed E-state index contributed by atoms with van der Waals surface area (Å²) in [5.41, 5.74) is 4.92. The number of aliphatic carboxylic acids is 1. The van der Waals surface area contributed by atoms with E-state index in [-0.39, 0.29) is 17.8 Å². The number of carbonyl (C=O) groups is 1. The first-order chi connectivity index (χ1) is 7.42. The summed E-state index contributed by atoms with van der Waals surface area (Å²) in [6.45, 7) is 0. The van der Waals surface area contributed by atoms with E-state index in [2.05, 4.69) is 0 Å². The summed E-state index contributed by atoms with van der Waals surface area (Å²) in [4.78, 5) is 11.1. The summed E-state index contributed by atoms with van der Waals surface area (Å²) in [5.74, 6) is 0.0823. The van der Waals surface area contributed by atoms with Crippen molar-refractivity contribution in [2.24, 2.45) is 23.0 Å². The Balaban J connectivity index is 0.00000108. The maximum Gasteiger partial charge on any atom is 0.321 e. The highest BCUT2D eigenvalue weighted by atomic mass is 35.5. The van der Waals surface area contributed by atoms with Crippen molar-refractivity contribution < 1.29 is 15.0 Å². The van der Waals surface area contributed by atoms with Crippen LogP contribution in [0.1, 0.15) is 38.5 Å². The largest absolute Gasteiger partial charge is 0.480 e. The van der Waals surface area contributed by atoms with Gasteiger partial charge in [-0.15, -0.1) is 12.4 Å². The summed E-state index contributed by atoms with van der Waals surface area (Å²) in [6, 6.07) is -0.801. The van der Waals surface area contributed by atoms with E-state index >= 15 is 0 Å². The summed E-state index contributed by atoms with van der Waals surface area (Å²) < 4.78 is 0. The molecular formula is C12H20ClNO3. The number of carboxylic acids is 1. The molecule has 4 N–H and O–H groups in total. The minimum Gasteiger partial charge on any atom is -0.480 e. The van der Waals surface area contributed by atoms with Gasteiger partial charge >= 0.3 is 5.97 Å². The van der Waals surface area contributed by atoms with Crippen molar-refractivity contribution in [2.45, 2.75) is 50.2 Å². The molecule has 0 saturated heterocycles. The van der Waals surface area contributed by atoms with Crippen LogP contribution in [0, 0.1) is 17.3 Å². The molecular weight excluding hydrogens is 242 g/mol. The molecule has 0 aromatic carbocycles. The molecule has 0 aromatic rings. The maximum atomic E-state index is 11.1. The van der Waals surface area contributed by atoms with Gasteiger partial charge in [-0.05, 0) is 55.8 Å². The molecule has 4 aliphatic rings. The Labute approximate surface area is 107 Å². The van der Waals surface area contributed by atoms with Crippen LogP contribution in [0.4, 0.5) is 0 Å². The average Bonchev–Trinajstić information content (AvgIpc) is 2.12. The van der Waals surface area contributed by atoms with Crippen LogP contribution in [0.2, 0.25) is 0 Å². The van der Waals surface area contributed by atoms with E-state index in [0.717, 1.165) is 32.1 Å². The van der Waals surface area contributed by atoms with Gasteiger partial charge in [-0.25, -0.2) is 0 Å². The van der Waals surface area contributed by atoms with E-state index in [1.54, 1.807) is 0 Å². The van der Waals surface area contributed by atoms with Gasteiger partial charge in [0.05, 0.1) is 5.60 Å². The fraction of sp³-hybridized carbons (Fsp3) is 0.917. The zero-order valence-electron chi connectivity index (χ0n) is 9.76. The Morgan fingerprint density at radius 3 is 2.18 bits per heavy atom. The van der Waals surface area contributed by atoms with Crippen LogP contribution < -0.4 is 5.73 Å². The first kappa shape index (κ1) is 13.1.